The second-order valence-corrected chi connectivity index (χ2v) is 6.00. The zero-order valence-corrected chi connectivity index (χ0v) is 15.6. The van der Waals surface area contributed by atoms with E-state index in [4.69, 9.17) is 0 Å². The van der Waals surface area contributed by atoms with Gasteiger partial charge in [-0.05, 0) is 32.3 Å². The molecule has 0 aromatic heterocycles. The summed E-state index contributed by atoms with van der Waals surface area (Å²) in [6, 6.07) is 21.9. The minimum absolute atomic E-state index is 0. The summed E-state index contributed by atoms with van der Waals surface area (Å²) in [7, 11) is 0. The molecular formula is C26H38. The van der Waals surface area contributed by atoms with Gasteiger partial charge in [-0.2, -0.15) is 0 Å². The summed E-state index contributed by atoms with van der Waals surface area (Å²) in [4.78, 5) is 0. The van der Waals surface area contributed by atoms with Gasteiger partial charge < -0.3 is 0 Å². The summed E-state index contributed by atoms with van der Waals surface area (Å²) >= 11 is 0. The van der Waals surface area contributed by atoms with Crippen LogP contribution in [0.2, 0.25) is 0 Å². The zero-order chi connectivity index (χ0) is 17.4. The Morgan fingerprint density at radius 1 is 0.500 bits per heavy atom. The first kappa shape index (κ1) is 23.9. The number of hydrogen-bond donors (Lipinski definition) is 0. The topological polar surface area (TPSA) is 0 Å². The van der Waals surface area contributed by atoms with Crippen LogP contribution in [0.3, 0.4) is 0 Å². The average Bonchev–Trinajstić information content (AvgIpc) is 2.67. The van der Waals surface area contributed by atoms with Gasteiger partial charge in [0, 0.05) is 0 Å². The van der Waals surface area contributed by atoms with E-state index in [1.54, 1.807) is 0 Å². The molecule has 0 saturated carbocycles. The van der Waals surface area contributed by atoms with Crippen molar-refractivity contribution in [1.82, 2.24) is 0 Å². The van der Waals surface area contributed by atoms with E-state index in [-0.39, 0.29) is 14.9 Å². The molecule has 0 unspecified atom stereocenters. The zero-order valence-electron chi connectivity index (χ0n) is 15.6. The van der Waals surface area contributed by atoms with Crippen LogP contribution in [0.25, 0.3) is 32.3 Å². The predicted molar refractivity (Wildman–Crippen MR) is 125 cm³/mol. The Labute approximate surface area is 161 Å². The minimum Gasteiger partial charge on any atom is -0.0776 e. The normalized spacial score (nSPS) is 9.54. The van der Waals surface area contributed by atoms with Gasteiger partial charge >= 0.3 is 0 Å². The molecule has 0 fully saturated rings. The minimum atomic E-state index is 0. The van der Waals surface area contributed by atoms with Gasteiger partial charge in [-0.1, -0.05) is 129 Å². The third kappa shape index (κ3) is 5.21. The number of unbranched alkanes of at least 4 members (excludes halogenated alkanes) is 3. The first-order valence-corrected chi connectivity index (χ1v) is 9.47. The molecule has 4 aromatic rings. The monoisotopic (exact) mass is 350 g/mol. The van der Waals surface area contributed by atoms with E-state index >= 15 is 0 Å². The number of benzene rings is 4. The molecule has 0 spiro atoms. The van der Waals surface area contributed by atoms with Crippen molar-refractivity contribution < 1.29 is 0 Å². The van der Waals surface area contributed by atoms with E-state index in [1.165, 1.54) is 58.0 Å². The fraction of sp³-hybridized carbons (Fsp3) is 0.385. The molecule has 0 aliphatic carbocycles. The van der Waals surface area contributed by atoms with Crippen LogP contribution < -0.4 is 0 Å². The fourth-order valence-corrected chi connectivity index (χ4v) is 3.17. The molecule has 0 heterocycles. The molecule has 0 heteroatoms. The van der Waals surface area contributed by atoms with Crippen molar-refractivity contribution in [2.45, 2.75) is 68.2 Å². The standard InChI is InChI=1S/C16H10.C6H14.C2H6.2CH4/c1-3-11-7-9-13-5-2-6-14-10-8-12(4-1)15(11)16(13)14;1-3-5-6-4-2;1-2;;/h1-10H;3-6H2,1-2H3;1-2H3;2*1H4. The van der Waals surface area contributed by atoms with Crippen LogP contribution >= 0.6 is 0 Å². The smallest absolute Gasteiger partial charge is 0.00268 e. The van der Waals surface area contributed by atoms with Crippen LogP contribution in [0.1, 0.15) is 68.2 Å². The second kappa shape index (κ2) is 12.3. The lowest BCUT2D eigenvalue weighted by molar-refractivity contribution is 0.702. The third-order valence-electron chi connectivity index (χ3n) is 4.35. The van der Waals surface area contributed by atoms with Crippen LogP contribution in [0.5, 0.6) is 0 Å². The molecule has 4 aromatic carbocycles. The maximum atomic E-state index is 2.23. The van der Waals surface area contributed by atoms with Crippen molar-refractivity contribution >= 4 is 32.3 Å². The van der Waals surface area contributed by atoms with E-state index in [1.807, 2.05) is 13.8 Å². The van der Waals surface area contributed by atoms with Gasteiger partial charge in [-0.3, -0.25) is 0 Å². The maximum absolute atomic E-state index is 2.23. The first-order chi connectivity index (χ1) is 11.8. The van der Waals surface area contributed by atoms with Gasteiger partial charge in [0.25, 0.3) is 0 Å². The lowest BCUT2D eigenvalue weighted by atomic mass is 9.95. The summed E-state index contributed by atoms with van der Waals surface area (Å²) in [6.45, 7) is 8.46. The Hall–Kier alpha value is -2.08. The summed E-state index contributed by atoms with van der Waals surface area (Å²) in [5, 5.41) is 8.14. The highest BCUT2D eigenvalue weighted by Gasteiger charge is 2.05. The lowest BCUT2D eigenvalue weighted by Gasteiger charge is -2.09. The fourth-order valence-electron chi connectivity index (χ4n) is 3.17. The number of rotatable bonds is 3. The van der Waals surface area contributed by atoms with Gasteiger partial charge in [-0.25, -0.2) is 0 Å². The van der Waals surface area contributed by atoms with Crippen molar-refractivity contribution in [2.75, 3.05) is 0 Å². The Morgan fingerprint density at radius 3 is 1.00 bits per heavy atom. The van der Waals surface area contributed by atoms with Crippen LogP contribution in [-0.2, 0) is 0 Å². The van der Waals surface area contributed by atoms with Crippen molar-refractivity contribution in [3.05, 3.63) is 60.7 Å². The molecule has 26 heavy (non-hydrogen) atoms. The summed E-state index contributed by atoms with van der Waals surface area (Å²) in [5.41, 5.74) is 0. The lowest BCUT2D eigenvalue weighted by Crippen LogP contribution is -1.82. The molecular weight excluding hydrogens is 312 g/mol. The second-order valence-electron chi connectivity index (χ2n) is 6.00. The van der Waals surface area contributed by atoms with E-state index in [0.29, 0.717) is 0 Å². The third-order valence-corrected chi connectivity index (χ3v) is 4.35. The van der Waals surface area contributed by atoms with Crippen molar-refractivity contribution in [1.29, 1.82) is 0 Å². The van der Waals surface area contributed by atoms with E-state index in [2.05, 4.69) is 74.5 Å². The van der Waals surface area contributed by atoms with Gasteiger partial charge in [0.1, 0.15) is 0 Å². The van der Waals surface area contributed by atoms with E-state index in [9.17, 15) is 0 Å². The van der Waals surface area contributed by atoms with Gasteiger partial charge in [-0.15, -0.1) is 0 Å². The van der Waals surface area contributed by atoms with Crippen LogP contribution in [0.4, 0.5) is 0 Å². The van der Waals surface area contributed by atoms with Gasteiger partial charge in [0.05, 0.1) is 0 Å². The predicted octanol–water partition coefficient (Wildman–Crippen LogP) is 9.47. The quantitative estimate of drug-likeness (QED) is 0.255. The molecule has 0 aliphatic heterocycles. The summed E-state index contributed by atoms with van der Waals surface area (Å²) < 4.78 is 0. The van der Waals surface area contributed by atoms with Crippen LogP contribution in [0, 0.1) is 0 Å². The molecule has 0 saturated heterocycles. The summed E-state index contributed by atoms with van der Waals surface area (Å²) in [5.74, 6) is 0. The largest absolute Gasteiger partial charge is 0.0776 e. The van der Waals surface area contributed by atoms with Crippen LogP contribution in [0.15, 0.2) is 60.7 Å². The molecule has 4 rings (SSSR count). The first-order valence-electron chi connectivity index (χ1n) is 9.47. The van der Waals surface area contributed by atoms with E-state index < -0.39 is 0 Å². The Balaban J connectivity index is 0.000000548. The number of hydrogen-bond acceptors (Lipinski definition) is 0. The Bertz CT molecular complexity index is 724. The molecule has 0 N–H and O–H groups in total. The highest BCUT2D eigenvalue weighted by Crippen LogP contribution is 2.33. The molecule has 0 atom stereocenters. The van der Waals surface area contributed by atoms with Crippen molar-refractivity contribution in [3.63, 3.8) is 0 Å². The molecule has 0 nitrogen and oxygen atoms in total. The molecule has 0 radical (unpaired) electrons. The SMILES string of the molecule is C.C.CC.CCCCCC.c1cc2ccc3cccc4ccc(c1)c2c34. The van der Waals surface area contributed by atoms with Gasteiger partial charge in [0.15, 0.2) is 0 Å². The average molecular weight is 351 g/mol. The molecule has 0 amide bonds. The molecule has 0 aliphatic rings. The maximum Gasteiger partial charge on any atom is -0.00268 e. The van der Waals surface area contributed by atoms with E-state index in [0.717, 1.165) is 0 Å². The Kier molecular flexibility index (Phi) is 11.3. The highest BCUT2D eigenvalue weighted by molar-refractivity contribution is 6.22. The molecule has 142 valence electrons. The Morgan fingerprint density at radius 2 is 0.769 bits per heavy atom. The summed E-state index contributed by atoms with van der Waals surface area (Å²) in [6.07, 6.45) is 5.54. The van der Waals surface area contributed by atoms with Crippen LogP contribution in [-0.4, -0.2) is 0 Å². The van der Waals surface area contributed by atoms with Crippen molar-refractivity contribution in [3.8, 4) is 0 Å². The molecule has 0 bridgehead atoms. The van der Waals surface area contributed by atoms with Crippen molar-refractivity contribution in [2.24, 2.45) is 0 Å². The van der Waals surface area contributed by atoms with Gasteiger partial charge in [0.2, 0.25) is 0 Å². The highest BCUT2D eigenvalue weighted by atomic mass is 14.1.